The molecule has 0 atom stereocenters. The first-order valence-corrected chi connectivity index (χ1v) is 19.2. The number of hydrogen-bond donors (Lipinski definition) is 0. The Bertz CT molecular complexity index is 3010. The number of ether oxygens (including phenoxy) is 2. The molecule has 56 heavy (non-hydrogen) atoms. The van der Waals surface area contributed by atoms with Gasteiger partial charge in [-0.3, -0.25) is 0 Å². The van der Waals surface area contributed by atoms with Crippen molar-refractivity contribution < 1.29 is 9.47 Å². The monoisotopic (exact) mass is 715 g/mol. The zero-order valence-electron chi connectivity index (χ0n) is 30.3. The van der Waals surface area contributed by atoms with E-state index in [1.54, 1.807) is 0 Å². The average Bonchev–Trinajstić information content (AvgIpc) is 3.72. The van der Waals surface area contributed by atoms with Crippen LogP contribution < -0.4 is 14.4 Å². The van der Waals surface area contributed by atoms with Gasteiger partial charge in [0.15, 0.2) is 23.0 Å². The molecular weight excluding hydrogens is 683 g/mol. The Morgan fingerprint density at radius 1 is 0.304 bits per heavy atom. The van der Waals surface area contributed by atoms with E-state index in [0.717, 1.165) is 28.4 Å². The summed E-state index contributed by atoms with van der Waals surface area (Å²) < 4.78 is 13.7. The van der Waals surface area contributed by atoms with Crippen LogP contribution in [0, 0.1) is 0 Å². The standard InChI is InChI=1S/C53H33NO2/c1-2-13-34(14-3-1)37-17-12-18-38(29-37)54(39-26-25-35-15-4-5-16-36(35)30-39)40-27-28-49-50(31-40)56-52-33-48-44(32-51(52)55-49)43-21-8-11-24-47(43)53(48)45-22-9-6-19-41(45)42-20-7-10-23-46(42)53/h1-33H. The minimum atomic E-state index is -0.462. The van der Waals surface area contributed by atoms with Gasteiger partial charge in [-0.1, -0.05) is 146 Å². The molecule has 0 fully saturated rings. The Labute approximate surface area is 325 Å². The molecule has 12 rings (SSSR count). The van der Waals surface area contributed by atoms with Gasteiger partial charge < -0.3 is 14.4 Å². The molecule has 9 aromatic rings. The third-order valence-corrected chi connectivity index (χ3v) is 11.9. The molecule has 0 saturated carbocycles. The summed E-state index contributed by atoms with van der Waals surface area (Å²) in [7, 11) is 0. The molecule has 1 aliphatic heterocycles. The predicted molar refractivity (Wildman–Crippen MR) is 227 cm³/mol. The van der Waals surface area contributed by atoms with Crippen LogP contribution in [0.4, 0.5) is 17.1 Å². The molecule has 262 valence electrons. The maximum atomic E-state index is 6.95. The van der Waals surface area contributed by atoms with Crippen molar-refractivity contribution in [2.45, 2.75) is 5.41 Å². The van der Waals surface area contributed by atoms with E-state index in [4.69, 9.17) is 9.47 Å². The van der Waals surface area contributed by atoms with Crippen LogP contribution in [0.1, 0.15) is 22.3 Å². The van der Waals surface area contributed by atoms with Crippen molar-refractivity contribution >= 4 is 27.8 Å². The van der Waals surface area contributed by atoms with Crippen LogP contribution in [0.25, 0.3) is 44.2 Å². The topological polar surface area (TPSA) is 21.7 Å². The zero-order chi connectivity index (χ0) is 36.8. The lowest BCUT2D eigenvalue weighted by Crippen LogP contribution is -2.25. The second-order valence-electron chi connectivity index (χ2n) is 14.8. The number of rotatable bonds is 4. The van der Waals surface area contributed by atoms with Gasteiger partial charge in [0, 0.05) is 17.4 Å². The minimum absolute atomic E-state index is 0.462. The molecule has 2 aliphatic carbocycles. The third kappa shape index (κ3) is 4.40. The van der Waals surface area contributed by atoms with Gasteiger partial charge in [0.25, 0.3) is 0 Å². The highest BCUT2D eigenvalue weighted by Crippen LogP contribution is 2.64. The molecule has 1 heterocycles. The van der Waals surface area contributed by atoms with Crippen molar-refractivity contribution in [2.75, 3.05) is 4.90 Å². The molecule has 0 saturated heterocycles. The van der Waals surface area contributed by atoms with Crippen LogP contribution in [-0.2, 0) is 5.41 Å². The molecule has 9 aromatic carbocycles. The maximum Gasteiger partial charge on any atom is 0.172 e. The molecule has 3 heteroatoms. The normalized spacial score (nSPS) is 13.4. The second-order valence-corrected chi connectivity index (χ2v) is 14.8. The molecule has 0 bridgehead atoms. The van der Waals surface area contributed by atoms with E-state index in [0.29, 0.717) is 17.2 Å². The first-order valence-electron chi connectivity index (χ1n) is 19.2. The first-order chi connectivity index (χ1) is 27.7. The van der Waals surface area contributed by atoms with Crippen LogP contribution in [0.2, 0.25) is 0 Å². The lowest BCUT2D eigenvalue weighted by Gasteiger charge is -2.31. The van der Waals surface area contributed by atoms with Gasteiger partial charge in [-0.15, -0.1) is 0 Å². The number of hydrogen-bond acceptors (Lipinski definition) is 3. The molecule has 0 unspecified atom stereocenters. The molecule has 3 nitrogen and oxygen atoms in total. The van der Waals surface area contributed by atoms with Gasteiger partial charge in [0.2, 0.25) is 0 Å². The summed E-state index contributed by atoms with van der Waals surface area (Å²) >= 11 is 0. The average molecular weight is 716 g/mol. The highest BCUT2D eigenvalue weighted by Gasteiger charge is 2.52. The largest absolute Gasteiger partial charge is 0.449 e. The number of nitrogens with zero attached hydrogens (tertiary/aromatic N) is 1. The van der Waals surface area contributed by atoms with E-state index in [1.165, 1.54) is 60.8 Å². The third-order valence-electron chi connectivity index (χ3n) is 11.9. The Morgan fingerprint density at radius 3 is 1.59 bits per heavy atom. The Morgan fingerprint density at radius 2 is 0.839 bits per heavy atom. The van der Waals surface area contributed by atoms with E-state index in [1.807, 2.05) is 6.07 Å². The first kappa shape index (κ1) is 31.0. The van der Waals surface area contributed by atoms with Crippen LogP contribution in [0.5, 0.6) is 23.0 Å². The Balaban J connectivity index is 1.01. The van der Waals surface area contributed by atoms with Crippen molar-refractivity contribution in [2.24, 2.45) is 0 Å². The van der Waals surface area contributed by atoms with Gasteiger partial charge in [0.1, 0.15) is 0 Å². The van der Waals surface area contributed by atoms with Crippen LogP contribution in [-0.4, -0.2) is 0 Å². The lowest BCUT2D eigenvalue weighted by molar-refractivity contribution is 0.359. The smallest absolute Gasteiger partial charge is 0.172 e. The van der Waals surface area contributed by atoms with Crippen molar-refractivity contribution in [3.63, 3.8) is 0 Å². The van der Waals surface area contributed by atoms with Crippen molar-refractivity contribution in [1.29, 1.82) is 0 Å². The van der Waals surface area contributed by atoms with Crippen LogP contribution in [0.3, 0.4) is 0 Å². The lowest BCUT2D eigenvalue weighted by atomic mass is 9.70. The second kappa shape index (κ2) is 11.8. The van der Waals surface area contributed by atoms with E-state index >= 15 is 0 Å². The number of fused-ring (bicyclic) bond motifs is 13. The summed E-state index contributed by atoms with van der Waals surface area (Å²) in [4.78, 5) is 2.30. The van der Waals surface area contributed by atoms with E-state index in [9.17, 15) is 0 Å². The van der Waals surface area contributed by atoms with Gasteiger partial charge in [-0.25, -0.2) is 0 Å². The molecule has 0 aromatic heterocycles. The number of benzene rings is 9. The van der Waals surface area contributed by atoms with Gasteiger partial charge in [-0.2, -0.15) is 0 Å². The van der Waals surface area contributed by atoms with Crippen LogP contribution >= 0.6 is 0 Å². The van der Waals surface area contributed by atoms with Gasteiger partial charge in [-0.05, 0) is 115 Å². The summed E-state index contributed by atoms with van der Waals surface area (Å²) in [5.74, 6) is 2.80. The quantitative estimate of drug-likeness (QED) is 0.181. The maximum absolute atomic E-state index is 6.95. The summed E-state index contributed by atoms with van der Waals surface area (Å²) in [6, 6.07) is 71.7. The molecular formula is C53H33NO2. The minimum Gasteiger partial charge on any atom is -0.449 e. The molecule has 0 N–H and O–H groups in total. The highest BCUT2D eigenvalue weighted by molar-refractivity contribution is 5.96. The van der Waals surface area contributed by atoms with E-state index < -0.39 is 5.41 Å². The van der Waals surface area contributed by atoms with E-state index in [2.05, 4.69) is 199 Å². The summed E-state index contributed by atoms with van der Waals surface area (Å²) in [5, 5.41) is 2.38. The molecule has 0 amide bonds. The predicted octanol–water partition coefficient (Wildman–Crippen LogP) is 14.2. The summed E-state index contributed by atoms with van der Waals surface area (Å²) in [6.07, 6.45) is 0. The fourth-order valence-electron chi connectivity index (χ4n) is 9.51. The van der Waals surface area contributed by atoms with Crippen LogP contribution in [0.15, 0.2) is 200 Å². The zero-order valence-corrected chi connectivity index (χ0v) is 30.3. The van der Waals surface area contributed by atoms with Crippen molar-refractivity contribution in [3.05, 3.63) is 222 Å². The van der Waals surface area contributed by atoms with Gasteiger partial charge >= 0.3 is 0 Å². The van der Waals surface area contributed by atoms with Crippen molar-refractivity contribution in [3.8, 4) is 56.4 Å². The summed E-state index contributed by atoms with van der Waals surface area (Å²) in [5.41, 5.74) is 15.0. The molecule has 3 aliphatic rings. The number of anilines is 3. The van der Waals surface area contributed by atoms with Gasteiger partial charge in [0.05, 0.1) is 11.1 Å². The Hall–Kier alpha value is -7.36. The fourth-order valence-corrected chi connectivity index (χ4v) is 9.51. The fraction of sp³-hybridized carbons (Fsp3) is 0.0189. The van der Waals surface area contributed by atoms with E-state index in [-0.39, 0.29) is 0 Å². The Kier molecular flexibility index (Phi) is 6.55. The molecule has 1 spiro atoms. The SMILES string of the molecule is c1ccc(-c2cccc(N(c3ccc4c(c3)Oc3cc5c(cc3O4)-c3ccccc3C53c4ccccc4-c4ccccc43)c3ccc4ccccc4c3)c2)cc1. The van der Waals surface area contributed by atoms with Crippen molar-refractivity contribution in [1.82, 2.24) is 0 Å². The highest BCUT2D eigenvalue weighted by atomic mass is 16.6. The molecule has 0 radical (unpaired) electrons. The summed E-state index contributed by atoms with van der Waals surface area (Å²) in [6.45, 7) is 0.